The number of methoxy groups -OCH3 is 2. The summed E-state index contributed by atoms with van der Waals surface area (Å²) in [5.41, 5.74) is 2.65. The van der Waals surface area contributed by atoms with Crippen LogP contribution in [0.3, 0.4) is 0 Å². The van der Waals surface area contributed by atoms with E-state index in [1.165, 1.54) is 26.4 Å². The predicted octanol–water partition coefficient (Wildman–Crippen LogP) is 5.24. The standard InChI is InChI=1S/C26H25N3O6S/c1-34-24-13-10-16(14-25(24)35-2)28-36(32,33)17-11-12-22-21(15-17)18-7-5-8-19(18)26(27-22)20-6-3-4-9-23(20)29(30)31/h3-7,9-15,18-19,26-28H,8H2,1-2H3/t18-,19+,26-/m0/s1. The first-order chi connectivity index (χ1) is 17.3. The Morgan fingerprint density at radius 2 is 1.78 bits per heavy atom. The van der Waals surface area contributed by atoms with Gasteiger partial charge in [-0.15, -0.1) is 0 Å². The molecule has 9 nitrogen and oxygen atoms in total. The number of nitrogens with zero attached hydrogens (tertiary/aromatic N) is 1. The molecule has 0 saturated carbocycles. The van der Waals surface area contributed by atoms with Gasteiger partial charge in [-0.25, -0.2) is 8.42 Å². The number of ether oxygens (including phenoxy) is 2. The summed E-state index contributed by atoms with van der Waals surface area (Å²) in [6, 6.07) is 16.2. The van der Waals surface area contributed by atoms with Gasteiger partial charge in [-0.3, -0.25) is 14.8 Å². The first kappa shape index (κ1) is 23.7. The number of allylic oxidation sites excluding steroid dienone is 2. The number of anilines is 2. The normalized spacial score (nSPS) is 20.1. The Kier molecular flexibility index (Phi) is 6.05. The summed E-state index contributed by atoms with van der Waals surface area (Å²) in [6.07, 6.45) is 4.84. The average Bonchev–Trinajstić information content (AvgIpc) is 3.38. The van der Waals surface area contributed by atoms with Crippen molar-refractivity contribution in [3.8, 4) is 11.5 Å². The molecule has 3 aromatic rings. The second-order valence-corrected chi connectivity index (χ2v) is 10.4. The number of benzene rings is 3. The summed E-state index contributed by atoms with van der Waals surface area (Å²) in [5, 5.41) is 15.1. The fraction of sp³-hybridized carbons (Fsp3) is 0.231. The van der Waals surface area contributed by atoms with Crippen LogP contribution in [0.1, 0.15) is 29.5 Å². The van der Waals surface area contributed by atoms with E-state index < -0.39 is 10.0 Å². The van der Waals surface area contributed by atoms with Gasteiger partial charge < -0.3 is 14.8 Å². The number of hydrogen-bond acceptors (Lipinski definition) is 7. The fourth-order valence-corrected chi connectivity index (χ4v) is 6.16. The predicted molar refractivity (Wildman–Crippen MR) is 136 cm³/mol. The van der Waals surface area contributed by atoms with Gasteiger partial charge in [-0.05, 0) is 48.2 Å². The Hall–Kier alpha value is -4.05. The lowest BCUT2D eigenvalue weighted by molar-refractivity contribution is -0.385. The number of para-hydroxylation sites is 1. The molecule has 10 heteroatoms. The van der Waals surface area contributed by atoms with E-state index in [9.17, 15) is 18.5 Å². The van der Waals surface area contributed by atoms with Crippen LogP contribution in [0.25, 0.3) is 0 Å². The van der Waals surface area contributed by atoms with Crippen molar-refractivity contribution in [2.75, 3.05) is 24.3 Å². The smallest absolute Gasteiger partial charge is 0.274 e. The summed E-state index contributed by atoms with van der Waals surface area (Å²) in [7, 11) is -0.902. The number of nitro benzene ring substituents is 1. The second-order valence-electron chi connectivity index (χ2n) is 8.72. The minimum Gasteiger partial charge on any atom is -0.493 e. The molecule has 0 radical (unpaired) electrons. The van der Waals surface area contributed by atoms with Gasteiger partial charge in [0, 0.05) is 23.7 Å². The molecule has 2 aliphatic rings. The summed E-state index contributed by atoms with van der Waals surface area (Å²) in [5.74, 6) is 0.859. The highest BCUT2D eigenvalue weighted by atomic mass is 32.2. The highest BCUT2D eigenvalue weighted by Crippen LogP contribution is 2.51. The molecule has 3 atom stereocenters. The Labute approximate surface area is 209 Å². The van der Waals surface area contributed by atoms with Crippen LogP contribution in [0, 0.1) is 16.0 Å². The maximum atomic E-state index is 13.2. The SMILES string of the molecule is COc1ccc(NS(=O)(=O)c2ccc3c(c2)[C@H]2C=CC[C@H]2[C@@H](c2ccccc2[N+](=O)[O-])N3)cc1OC. The van der Waals surface area contributed by atoms with E-state index in [4.69, 9.17) is 9.47 Å². The molecule has 0 fully saturated rings. The Morgan fingerprint density at radius 1 is 1.00 bits per heavy atom. The molecule has 2 N–H and O–H groups in total. The lowest BCUT2D eigenvalue weighted by Crippen LogP contribution is -2.30. The highest BCUT2D eigenvalue weighted by Gasteiger charge is 2.40. The van der Waals surface area contributed by atoms with E-state index in [1.54, 1.807) is 48.5 Å². The van der Waals surface area contributed by atoms with E-state index in [0.29, 0.717) is 22.7 Å². The van der Waals surface area contributed by atoms with Crippen molar-refractivity contribution in [1.82, 2.24) is 0 Å². The highest BCUT2D eigenvalue weighted by molar-refractivity contribution is 7.92. The summed E-state index contributed by atoms with van der Waals surface area (Å²) in [4.78, 5) is 11.4. The third kappa shape index (κ3) is 4.13. The Bertz CT molecular complexity index is 1470. The quantitative estimate of drug-likeness (QED) is 0.255. The minimum atomic E-state index is -3.89. The number of hydrogen-bond donors (Lipinski definition) is 2. The maximum Gasteiger partial charge on any atom is 0.274 e. The van der Waals surface area contributed by atoms with Gasteiger partial charge in [0.15, 0.2) is 11.5 Å². The molecule has 1 aliphatic carbocycles. The molecule has 1 aliphatic heterocycles. The minimum absolute atomic E-state index is 0.0235. The zero-order chi connectivity index (χ0) is 25.4. The zero-order valence-electron chi connectivity index (χ0n) is 19.7. The van der Waals surface area contributed by atoms with Gasteiger partial charge in [0.05, 0.1) is 41.3 Å². The van der Waals surface area contributed by atoms with Crippen LogP contribution in [0.2, 0.25) is 0 Å². The van der Waals surface area contributed by atoms with Crippen LogP contribution in [0.5, 0.6) is 11.5 Å². The second kappa shape index (κ2) is 9.19. The van der Waals surface area contributed by atoms with Crippen LogP contribution in [0.4, 0.5) is 17.1 Å². The molecule has 0 saturated heterocycles. The molecule has 0 unspecified atom stereocenters. The van der Waals surface area contributed by atoms with Crippen molar-refractivity contribution in [3.05, 3.63) is 94.1 Å². The molecule has 0 spiro atoms. The molecule has 36 heavy (non-hydrogen) atoms. The van der Waals surface area contributed by atoms with E-state index in [1.807, 2.05) is 0 Å². The molecule has 5 rings (SSSR count). The Balaban J connectivity index is 1.48. The van der Waals surface area contributed by atoms with Crippen molar-refractivity contribution >= 4 is 27.1 Å². The third-order valence-corrected chi connectivity index (χ3v) is 8.13. The maximum absolute atomic E-state index is 13.2. The van der Waals surface area contributed by atoms with Gasteiger partial charge >= 0.3 is 0 Å². The molecular formula is C26H25N3O6S. The van der Waals surface area contributed by atoms with Gasteiger partial charge in [-0.1, -0.05) is 30.4 Å². The molecule has 186 valence electrons. The van der Waals surface area contributed by atoms with E-state index >= 15 is 0 Å². The van der Waals surface area contributed by atoms with Gasteiger partial charge in [0.1, 0.15) is 0 Å². The lowest BCUT2D eigenvalue weighted by atomic mass is 9.76. The van der Waals surface area contributed by atoms with Crippen LogP contribution in [0.15, 0.2) is 77.7 Å². The third-order valence-electron chi connectivity index (χ3n) is 6.75. The van der Waals surface area contributed by atoms with Crippen molar-refractivity contribution in [3.63, 3.8) is 0 Å². The topological polar surface area (TPSA) is 120 Å². The van der Waals surface area contributed by atoms with Crippen molar-refractivity contribution in [1.29, 1.82) is 0 Å². The molecule has 0 aromatic heterocycles. The van der Waals surface area contributed by atoms with E-state index in [2.05, 4.69) is 22.2 Å². The van der Waals surface area contributed by atoms with E-state index in [0.717, 1.165) is 17.7 Å². The molecule has 3 aromatic carbocycles. The van der Waals surface area contributed by atoms with Crippen LogP contribution in [-0.4, -0.2) is 27.6 Å². The van der Waals surface area contributed by atoms with Gasteiger partial charge in [0.2, 0.25) is 0 Å². The van der Waals surface area contributed by atoms with Gasteiger partial charge in [0.25, 0.3) is 15.7 Å². The Morgan fingerprint density at radius 3 is 2.53 bits per heavy atom. The fourth-order valence-electron chi connectivity index (χ4n) is 5.08. The first-order valence-corrected chi connectivity index (χ1v) is 12.9. The number of sulfonamides is 1. The van der Waals surface area contributed by atoms with Crippen molar-refractivity contribution < 1.29 is 22.8 Å². The van der Waals surface area contributed by atoms with Crippen molar-refractivity contribution in [2.24, 2.45) is 5.92 Å². The first-order valence-electron chi connectivity index (χ1n) is 11.4. The summed E-state index contributed by atoms with van der Waals surface area (Å²) in [6.45, 7) is 0. The average molecular weight is 508 g/mol. The summed E-state index contributed by atoms with van der Waals surface area (Å²) < 4.78 is 39.6. The monoisotopic (exact) mass is 507 g/mol. The zero-order valence-corrected chi connectivity index (χ0v) is 20.5. The van der Waals surface area contributed by atoms with Crippen LogP contribution < -0.4 is 19.5 Å². The van der Waals surface area contributed by atoms with E-state index in [-0.39, 0.29) is 33.4 Å². The summed E-state index contributed by atoms with van der Waals surface area (Å²) >= 11 is 0. The molecular weight excluding hydrogens is 482 g/mol. The number of rotatable bonds is 7. The number of fused-ring (bicyclic) bond motifs is 3. The van der Waals surface area contributed by atoms with Gasteiger partial charge in [-0.2, -0.15) is 0 Å². The largest absolute Gasteiger partial charge is 0.493 e. The lowest BCUT2D eigenvalue weighted by Gasteiger charge is -2.37. The number of nitrogens with one attached hydrogen (secondary N) is 2. The molecule has 0 bridgehead atoms. The number of nitro groups is 1. The van der Waals surface area contributed by atoms with Crippen LogP contribution in [-0.2, 0) is 10.0 Å². The van der Waals surface area contributed by atoms with Crippen LogP contribution >= 0.6 is 0 Å². The molecule has 1 heterocycles. The molecule has 0 amide bonds. The van der Waals surface area contributed by atoms with Crippen molar-refractivity contribution in [2.45, 2.75) is 23.3 Å².